The molecule has 2 aromatic carbocycles. The summed E-state index contributed by atoms with van der Waals surface area (Å²) in [6, 6.07) is 10.4. The van der Waals surface area contributed by atoms with Gasteiger partial charge in [0, 0.05) is 24.3 Å². The fourth-order valence-electron chi connectivity index (χ4n) is 4.85. The van der Waals surface area contributed by atoms with Crippen LogP contribution in [0.3, 0.4) is 0 Å². The van der Waals surface area contributed by atoms with Gasteiger partial charge in [-0.2, -0.15) is 0 Å². The zero-order chi connectivity index (χ0) is 29.6. The molecule has 4 aliphatic heterocycles. The summed E-state index contributed by atoms with van der Waals surface area (Å²) < 4.78 is 41.7. The smallest absolute Gasteiger partial charge is 0.428 e. The molecule has 16 heteroatoms. The summed E-state index contributed by atoms with van der Waals surface area (Å²) >= 11 is 0. The number of carbonyl (C=O) groups excluding carboxylic acids is 2. The van der Waals surface area contributed by atoms with E-state index in [4.69, 9.17) is 37.9 Å². The molecule has 16 nitrogen and oxygen atoms in total. The van der Waals surface area contributed by atoms with Crippen molar-refractivity contribution in [2.45, 2.75) is 37.6 Å². The fourth-order valence-corrected chi connectivity index (χ4v) is 4.85. The third kappa shape index (κ3) is 7.09. The average molecular weight is 590 g/mol. The lowest BCUT2D eigenvalue weighted by Gasteiger charge is -2.15. The Balaban J connectivity index is 0.000000168. The van der Waals surface area contributed by atoms with E-state index in [1.54, 1.807) is 0 Å². The predicted octanol–water partition coefficient (Wildman–Crippen LogP) is 3.74. The highest BCUT2D eigenvalue weighted by atomic mass is 16.8. The van der Waals surface area contributed by atoms with Gasteiger partial charge in [0.1, 0.15) is 23.7 Å². The molecular formula is C26H26N2O14. The molecule has 0 radical (unpaired) electrons. The maximum atomic E-state index is 11.7. The van der Waals surface area contributed by atoms with Crippen LogP contribution >= 0.6 is 0 Å². The normalized spacial score (nSPS) is 27.1. The molecule has 0 aliphatic carbocycles. The minimum atomic E-state index is -0.856. The molecule has 0 bridgehead atoms. The van der Waals surface area contributed by atoms with E-state index < -0.39 is 22.2 Å². The van der Waals surface area contributed by atoms with Gasteiger partial charge in [-0.1, -0.05) is 0 Å². The summed E-state index contributed by atoms with van der Waals surface area (Å²) in [5, 5.41) is 21.0. The number of fused-ring (bicyclic) bond motifs is 2. The molecule has 0 aromatic heterocycles. The highest BCUT2D eigenvalue weighted by Crippen LogP contribution is 2.34. The molecule has 0 unspecified atom stereocenters. The number of nitrogens with zero attached hydrogens (tertiary/aromatic N) is 2. The van der Waals surface area contributed by atoms with Gasteiger partial charge < -0.3 is 37.9 Å². The topological polar surface area (TPSA) is 194 Å². The average Bonchev–Trinajstić information content (AvgIpc) is 3.75. The van der Waals surface area contributed by atoms with Crippen molar-refractivity contribution in [1.82, 2.24) is 0 Å². The molecule has 224 valence electrons. The minimum absolute atomic E-state index is 0.0365. The minimum Gasteiger partial charge on any atom is -0.428 e. The molecular weight excluding hydrogens is 564 g/mol. The van der Waals surface area contributed by atoms with Crippen molar-refractivity contribution in [1.29, 1.82) is 0 Å². The molecule has 4 saturated heterocycles. The van der Waals surface area contributed by atoms with E-state index in [0.717, 1.165) is 12.8 Å². The number of hydrogen-bond acceptors (Lipinski definition) is 14. The zero-order valence-corrected chi connectivity index (χ0v) is 21.9. The summed E-state index contributed by atoms with van der Waals surface area (Å²) in [6.45, 7) is 1.74. The second kappa shape index (κ2) is 13.1. The molecule has 0 spiro atoms. The van der Waals surface area contributed by atoms with Crippen LogP contribution in [0.2, 0.25) is 0 Å². The maximum absolute atomic E-state index is 11.7. The summed E-state index contributed by atoms with van der Waals surface area (Å²) in [4.78, 5) is 43.4. The van der Waals surface area contributed by atoms with E-state index in [-0.39, 0.29) is 72.7 Å². The van der Waals surface area contributed by atoms with Crippen LogP contribution in [-0.2, 0) is 28.4 Å². The van der Waals surface area contributed by atoms with Gasteiger partial charge in [-0.05, 0) is 37.1 Å². The van der Waals surface area contributed by atoms with Crippen molar-refractivity contribution in [2.24, 2.45) is 11.8 Å². The number of benzene rings is 2. The molecule has 6 rings (SSSR count). The highest BCUT2D eigenvalue weighted by molar-refractivity contribution is 5.65. The second-order valence-electron chi connectivity index (χ2n) is 9.57. The lowest BCUT2D eigenvalue weighted by molar-refractivity contribution is -0.385. The molecule has 42 heavy (non-hydrogen) atoms. The zero-order valence-electron chi connectivity index (χ0n) is 21.9. The number of nitro groups is 2. The van der Waals surface area contributed by atoms with Crippen molar-refractivity contribution in [2.75, 3.05) is 26.4 Å². The van der Waals surface area contributed by atoms with Crippen LogP contribution < -0.4 is 9.47 Å². The first-order chi connectivity index (χ1) is 20.3. The highest BCUT2D eigenvalue weighted by Gasteiger charge is 2.45. The Kier molecular flexibility index (Phi) is 9.06. The molecule has 4 heterocycles. The molecule has 0 N–H and O–H groups in total. The fraction of sp³-hybridized carbons (Fsp3) is 0.462. The van der Waals surface area contributed by atoms with Gasteiger partial charge in [-0.15, -0.1) is 0 Å². The van der Waals surface area contributed by atoms with Crippen LogP contribution in [0, 0.1) is 32.1 Å². The monoisotopic (exact) mass is 590 g/mol. The van der Waals surface area contributed by atoms with Gasteiger partial charge in [-0.3, -0.25) is 20.2 Å². The third-order valence-electron chi connectivity index (χ3n) is 6.96. The van der Waals surface area contributed by atoms with E-state index in [2.05, 4.69) is 0 Å². The van der Waals surface area contributed by atoms with Gasteiger partial charge in [-0.25, -0.2) is 9.59 Å². The quantitative estimate of drug-likeness (QED) is 0.204. The van der Waals surface area contributed by atoms with Crippen molar-refractivity contribution in [3.8, 4) is 11.5 Å². The van der Waals surface area contributed by atoms with Crippen molar-refractivity contribution < 1.29 is 57.3 Å². The Morgan fingerprint density at radius 3 is 1.38 bits per heavy atom. The van der Waals surface area contributed by atoms with E-state index in [1.165, 1.54) is 48.5 Å². The van der Waals surface area contributed by atoms with E-state index >= 15 is 0 Å². The summed E-state index contributed by atoms with van der Waals surface area (Å²) in [6.07, 6.45) is -1.54. The van der Waals surface area contributed by atoms with Crippen LogP contribution in [0.15, 0.2) is 48.5 Å². The SMILES string of the molecule is O=C(Oc1ccc([N+](=O)[O-])cc1)O[C@@H]1CO[C@H]2OCC[C@H]21.O=C(Oc1ccc([N+](=O)[O-])cc1)O[C@H]1CO[C@@H]2OCC[C@@H]21. The molecule has 4 aliphatic rings. The molecule has 6 atom stereocenters. The third-order valence-corrected chi connectivity index (χ3v) is 6.96. The molecule has 0 saturated carbocycles. The van der Waals surface area contributed by atoms with Crippen LogP contribution in [0.5, 0.6) is 11.5 Å². The number of hydrogen-bond donors (Lipinski definition) is 0. The largest absolute Gasteiger partial charge is 0.514 e. The van der Waals surface area contributed by atoms with Gasteiger partial charge in [0.2, 0.25) is 0 Å². The number of nitro benzene ring substituents is 2. The van der Waals surface area contributed by atoms with Gasteiger partial charge in [0.25, 0.3) is 11.4 Å². The van der Waals surface area contributed by atoms with E-state index in [1.807, 2.05) is 0 Å². The summed E-state index contributed by atoms with van der Waals surface area (Å²) in [5.41, 5.74) is -0.156. The Hall–Kier alpha value is -4.38. The van der Waals surface area contributed by atoms with E-state index in [0.29, 0.717) is 13.2 Å². The van der Waals surface area contributed by atoms with Crippen molar-refractivity contribution >= 4 is 23.7 Å². The van der Waals surface area contributed by atoms with Crippen molar-refractivity contribution in [3.05, 3.63) is 68.8 Å². The molecule has 4 fully saturated rings. The number of ether oxygens (including phenoxy) is 8. The van der Waals surface area contributed by atoms with Crippen LogP contribution in [0.4, 0.5) is 21.0 Å². The lowest BCUT2D eigenvalue weighted by Crippen LogP contribution is -2.27. The standard InChI is InChI=1S/2C13H13NO7/c2*15-13(20-9-3-1-8(2-4-9)14(16)17)21-11-7-19-12-10(11)5-6-18-12/h2*1-4,10-12H,5-7H2/t2*10-,11+,12+/m10/s1. The number of non-ortho nitro benzene ring substituents is 2. The second-order valence-corrected chi connectivity index (χ2v) is 9.57. The summed E-state index contributed by atoms with van der Waals surface area (Å²) in [7, 11) is 0. The van der Waals surface area contributed by atoms with E-state index in [9.17, 15) is 29.8 Å². The summed E-state index contributed by atoms with van der Waals surface area (Å²) in [5.74, 6) is 0.441. The van der Waals surface area contributed by atoms with Crippen LogP contribution in [0.1, 0.15) is 12.8 Å². The predicted molar refractivity (Wildman–Crippen MR) is 136 cm³/mol. The van der Waals surface area contributed by atoms with Gasteiger partial charge in [0.05, 0.1) is 48.1 Å². The number of rotatable bonds is 6. The Labute approximate surface area is 237 Å². The van der Waals surface area contributed by atoms with Crippen LogP contribution in [-0.4, -0.2) is 73.4 Å². The van der Waals surface area contributed by atoms with Gasteiger partial charge >= 0.3 is 12.3 Å². The van der Waals surface area contributed by atoms with Crippen molar-refractivity contribution in [3.63, 3.8) is 0 Å². The molecule has 2 aromatic rings. The first-order valence-electron chi connectivity index (χ1n) is 13.0. The Bertz CT molecular complexity index is 1190. The van der Waals surface area contributed by atoms with Crippen LogP contribution in [0.25, 0.3) is 0 Å². The maximum Gasteiger partial charge on any atom is 0.514 e. The number of carbonyl (C=O) groups is 2. The van der Waals surface area contributed by atoms with Gasteiger partial charge in [0.15, 0.2) is 12.6 Å². The Morgan fingerprint density at radius 2 is 1.02 bits per heavy atom. The lowest BCUT2D eigenvalue weighted by atomic mass is 10.0. The molecule has 0 amide bonds. The Morgan fingerprint density at radius 1 is 0.643 bits per heavy atom. The first kappa shape index (κ1) is 29.1. The first-order valence-corrected chi connectivity index (χ1v) is 13.0.